The highest BCUT2D eigenvalue weighted by atomic mass is 16.5. The van der Waals surface area contributed by atoms with E-state index in [0.717, 1.165) is 53.1 Å². The summed E-state index contributed by atoms with van der Waals surface area (Å²) in [4.78, 5) is 17.4. The van der Waals surface area contributed by atoms with Crippen molar-refractivity contribution in [1.82, 2.24) is 14.9 Å². The standard InChI is InChI=1S/C31H37N3O2/c1-23-11-5-6-12-26(23)30(35)32-20-19-29-33-27-13-7-8-14-28(27)34(29)21-9-10-22-36-25-17-15-24(16-18-25)31(2,3)4/h5-8,11-18H,9-10,19-22H2,1-4H3,(H,32,35). The number of benzene rings is 3. The number of fused-ring (bicyclic) bond motifs is 1. The molecule has 0 aliphatic heterocycles. The number of hydrogen-bond acceptors (Lipinski definition) is 3. The fourth-order valence-electron chi connectivity index (χ4n) is 4.39. The summed E-state index contributed by atoms with van der Waals surface area (Å²) in [5, 5.41) is 3.06. The number of aryl methyl sites for hydroxylation is 2. The van der Waals surface area contributed by atoms with Gasteiger partial charge in [-0.3, -0.25) is 4.79 Å². The Morgan fingerprint density at radius 2 is 1.67 bits per heavy atom. The van der Waals surface area contributed by atoms with Crippen LogP contribution in [0.2, 0.25) is 0 Å². The van der Waals surface area contributed by atoms with Crippen LogP contribution in [0.3, 0.4) is 0 Å². The summed E-state index contributed by atoms with van der Waals surface area (Å²) in [5.74, 6) is 1.88. The first kappa shape index (κ1) is 25.5. The Kier molecular flexibility index (Phi) is 8.09. The Bertz CT molecular complexity index is 1300. The molecule has 0 unspecified atom stereocenters. The van der Waals surface area contributed by atoms with Gasteiger partial charge in [0.1, 0.15) is 11.6 Å². The van der Waals surface area contributed by atoms with E-state index in [1.807, 2.05) is 43.3 Å². The number of nitrogens with zero attached hydrogens (tertiary/aromatic N) is 2. The molecule has 1 aromatic heterocycles. The van der Waals surface area contributed by atoms with E-state index in [-0.39, 0.29) is 11.3 Å². The molecule has 1 amide bonds. The summed E-state index contributed by atoms with van der Waals surface area (Å²) < 4.78 is 8.27. The van der Waals surface area contributed by atoms with E-state index in [0.29, 0.717) is 19.6 Å². The van der Waals surface area contributed by atoms with Crippen LogP contribution in [-0.4, -0.2) is 28.6 Å². The Balaban J connectivity index is 1.31. The highest BCUT2D eigenvalue weighted by molar-refractivity contribution is 5.95. The summed E-state index contributed by atoms with van der Waals surface area (Å²) in [5.41, 5.74) is 5.29. The van der Waals surface area contributed by atoms with Gasteiger partial charge < -0.3 is 14.6 Å². The first-order valence-corrected chi connectivity index (χ1v) is 12.8. The van der Waals surface area contributed by atoms with Gasteiger partial charge in [0.15, 0.2) is 0 Å². The molecule has 4 aromatic rings. The maximum absolute atomic E-state index is 12.6. The molecule has 0 saturated carbocycles. The molecule has 5 heteroatoms. The third kappa shape index (κ3) is 6.34. The number of imidazole rings is 1. The van der Waals surface area contributed by atoms with Gasteiger partial charge in [-0.15, -0.1) is 0 Å². The molecule has 0 bridgehead atoms. The van der Waals surface area contributed by atoms with Gasteiger partial charge in [0.25, 0.3) is 5.91 Å². The number of carbonyl (C=O) groups is 1. The second-order valence-corrected chi connectivity index (χ2v) is 10.3. The molecule has 3 aromatic carbocycles. The average molecular weight is 484 g/mol. The second kappa shape index (κ2) is 11.4. The smallest absolute Gasteiger partial charge is 0.251 e. The minimum Gasteiger partial charge on any atom is -0.494 e. The van der Waals surface area contributed by atoms with Gasteiger partial charge in [-0.25, -0.2) is 4.98 Å². The van der Waals surface area contributed by atoms with E-state index < -0.39 is 0 Å². The minimum atomic E-state index is -0.0385. The van der Waals surface area contributed by atoms with Crippen molar-refractivity contribution < 1.29 is 9.53 Å². The van der Waals surface area contributed by atoms with Crippen LogP contribution in [0.25, 0.3) is 11.0 Å². The molecule has 188 valence electrons. The minimum absolute atomic E-state index is 0.0385. The lowest BCUT2D eigenvalue weighted by Gasteiger charge is -2.19. The zero-order valence-electron chi connectivity index (χ0n) is 21.9. The maximum Gasteiger partial charge on any atom is 0.251 e. The Morgan fingerprint density at radius 1 is 0.944 bits per heavy atom. The molecule has 0 spiro atoms. The van der Waals surface area contributed by atoms with Gasteiger partial charge in [-0.05, 0) is 66.6 Å². The lowest BCUT2D eigenvalue weighted by molar-refractivity contribution is 0.0953. The molecular weight excluding hydrogens is 446 g/mol. The first-order chi connectivity index (χ1) is 17.3. The van der Waals surface area contributed by atoms with Crippen molar-refractivity contribution >= 4 is 16.9 Å². The van der Waals surface area contributed by atoms with Crippen molar-refractivity contribution in [2.45, 2.75) is 58.9 Å². The molecule has 36 heavy (non-hydrogen) atoms. The van der Waals surface area contributed by atoms with E-state index >= 15 is 0 Å². The summed E-state index contributed by atoms with van der Waals surface area (Å²) in [7, 11) is 0. The number of para-hydroxylation sites is 2. The van der Waals surface area contributed by atoms with Crippen molar-refractivity contribution in [2.75, 3.05) is 13.2 Å². The normalized spacial score (nSPS) is 11.6. The van der Waals surface area contributed by atoms with Gasteiger partial charge in [0.05, 0.1) is 17.6 Å². The lowest BCUT2D eigenvalue weighted by atomic mass is 9.87. The SMILES string of the molecule is Cc1ccccc1C(=O)NCCc1nc2ccccc2n1CCCCOc1ccc(C(C)(C)C)cc1. The second-order valence-electron chi connectivity index (χ2n) is 10.3. The van der Waals surface area contributed by atoms with Crippen LogP contribution in [0, 0.1) is 6.92 Å². The van der Waals surface area contributed by atoms with Gasteiger partial charge in [-0.2, -0.15) is 0 Å². The number of unbranched alkanes of at least 4 members (excludes halogenated alkanes) is 1. The number of amides is 1. The fraction of sp³-hybridized carbons (Fsp3) is 0.355. The van der Waals surface area contributed by atoms with Crippen LogP contribution in [0.4, 0.5) is 0 Å². The summed E-state index contributed by atoms with van der Waals surface area (Å²) in [6, 6.07) is 24.3. The predicted molar refractivity (Wildman–Crippen MR) is 147 cm³/mol. The van der Waals surface area contributed by atoms with Gasteiger partial charge >= 0.3 is 0 Å². The third-order valence-corrected chi connectivity index (χ3v) is 6.52. The number of hydrogen-bond donors (Lipinski definition) is 1. The molecule has 0 fully saturated rings. The molecular formula is C31H37N3O2. The van der Waals surface area contributed by atoms with Crippen LogP contribution in [0.5, 0.6) is 5.75 Å². The molecule has 1 heterocycles. The van der Waals surface area contributed by atoms with Crippen LogP contribution in [0.15, 0.2) is 72.8 Å². The Hall–Kier alpha value is -3.60. The van der Waals surface area contributed by atoms with Crippen LogP contribution >= 0.6 is 0 Å². The Labute approximate surface area is 214 Å². The van der Waals surface area contributed by atoms with Crippen LogP contribution < -0.4 is 10.1 Å². The summed E-state index contributed by atoms with van der Waals surface area (Å²) >= 11 is 0. The number of rotatable bonds is 10. The van der Waals surface area contributed by atoms with E-state index in [1.165, 1.54) is 5.56 Å². The number of ether oxygens (including phenoxy) is 1. The summed E-state index contributed by atoms with van der Waals surface area (Å²) in [6.07, 6.45) is 2.63. The van der Waals surface area contributed by atoms with E-state index in [2.05, 4.69) is 67.1 Å². The fourth-order valence-corrected chi connectivity index (χ4v) is 4.39. The summed E-state index contributed by atoms with van der Waals surface area (Å²) in [6.45, 7) is 10.7. The number of carbonyl (C=O) groups excluding carboxylic acids is 1. The monoisotopic (exact) mass is 483 g/mol. The molecule has 0 radical (unpaired) electrons. The van der Waals surface area contributed by atoms with E-state index in [4.69, 9.17) is 9.72 Å². The van der Waals surface area contributed by atoms with Crippen molar-refractivity contribution in [3.05, 3.63) is 95.3 Å². The topological polar surface area (TPSA) is 56.2 Å². The van der Waals surface area contributed by atoms with Crippen molar-refractivity contribution in [1.29, 1.82) is 0 Å². The molecule has 0 atom stereocenters. The quantitative estimate of drug-likeness (QED) is 0.263. The highest BCUT2D eigenvalue weighted by Gasteiger charge is 2.14. The largest absolute Gasteiger partial charge is 0.494 e. The van der Waals surface area contributed by atoms with E-state index in [9.17, 15) is 4.79 Å². The predicted octanol–water partition coefficient (Wildman–Crippen LogP) is 6.47. The van der Waals surface area contributed by atoms with Gasteiger partial charge in [-0.1, -0.05) is 63.2 Å². The third-order valence-electron chi connectivity index (χ3n) is 6.52. The number of aromatic nitrogens is 2. The van der Waals surface area contributed by atoms with Crippen LogP contribution in [0.1, 0.15) is 60.9 Å². The molecule has 0 saturated heterocycles. The zero-order valence-corrected chi connectivity index (χ0v) is 21.9. The molecule has 5 nitrogen and oxygen atoms in total. The molecule has 4 rings (SSSR count). The average Bonchev–Trinajstić information content (AvgIpc) is 3.21. The first-order valence-electron chi connectivity index (χ1n) is 12.8. The zero-order chi connectivity index (χ0) is 25.5. The van der Waals surface area contributed by atoms with Crippen molar-refractivity contribution in [2.24, 2.45) is 0 Å². The maximum atomic E-state index is 12.6. The lowest BCUT2D eigenvalue weighted by Crippen LogP contribution is -2.27. The van der Waals surface area contributed by atoms with Crippen molar-refractivity contribution in [3.8, 4) is 5.75 Å². The van der Waals surface area contributed by atoms with Crippen LogP contribution in [-0.2, 0) is 18.4 Å². The van der Waals surface area contributed by atoms with Gasteiger partial charge in [0, 0.05) is 25.1 Å². The Morgan fingerprint density at radius 3 is 2.42 bits per heavy atom. The van der Waals surface area contributed by atoms with E-state index in [1.54, 1.807) is 0 Å². The molecule has 0 aliphatic rings. The molecule has 0 aliphatic carbocycles. The molecule has 1 N–H and O–H groups in total. The van der Waals surface area contributed by atoms with Gasteiger partial charge in [0.2, 0.25) is 0 Å². The van der Waals surface area contributed by atoms with Crippen molar-refractivity contribution in [3.63, 3.8) is 0 Å². The highest BCUT2D eigenvalue weighted by Crippen LogP contribution is 2.24. The number of nitrogens with one attached hydrogen (secondary N) is 1.